The summed E-state index contributed by atoms with van der Waals surface area (Å²) in [7, 11) is 0. The van der Waals surface area contributed by atoms with E-state index in [-0.39, 0.29) is 5.75 Å². The van der Waals surface area contributed by atoms with Crippen LogP contribution >= 0.6 is 0 Å². The fraction of sp³-hybridized carbons (Fsp3) is 0.222. The lowest BCUT2D eigenvalue weighted by Gasteiger charge is -2.20. The van der Waals surface area contributed by atoms with Crippen molar-refractivity contribution >= 4 is 27.8 Å². The number of hydrogen-bond donors (Lipinski definition) is 1. The Balaban J connectivity index is 2.24. The normalized spacial score (nSPS) is 11.8. The van der Waals surface area contributed by atoms with Crippen molar-refractivity contribution in [2.75, 3.05) is 0 Å². The molecular weight excluding hydrogens is 278 g/mol. The van der Waals surface area contributed by atoms with Gasteiger partial charge in [-0.3, -0.25) is 0 Å². The Bertz CT molecular complexity index is 879. The van der Waals surface area contributed by atoms with E-state index in [1.54, 1.807) is 6.07 Å². The average molecular weight is 295 g/mol. The number of carbonyl (C=O) groups excluding carboxylic acids is 1. The zero-order valence-electron chi connectivity index (χ0n) is 12.8. The topological polar surface area (TPSA) is 59.4 Å². The highest BCUT2D eigenvalue weighted by atomic mass is 16.6. The first kappa shape index (κ1) is 14.3. The largest absolute Gasteiger partial charge is 0.508 e. The monoisotopic (exact) mass is 295 g/mol. The molecule has 3 rings (SSSR count). The lowest BCUT2D eigenvalue weighted by molar-refractivity contribution is 0.00714. The summed E-state index contributed by atoms with van der Waals surface area (Å²) < 4.78 is 5.42. The number of hydrogen-bond acceptors (Lipinski definition) is 4. The van der Waals surface area contributed by atoms with Gasteiger partial charge >= 0.3 is 5.97 Å². The van der Waals surface area contributed by atoms with Crippen LogP contribution in [0.5, 0.6) is 5.75 Å². The standard InChI is InChI=1S/C18H17NO3/c1-18(2,3)22-17(21)14-9-12(20)10-16-13(14)8-11-6-4-5-7-15(11)19-16/h4-10,20H,1-3H3. The number of esters is 1. The summed E-state index contributed by atoms with van der Waals surface area (Å²) in [5.74, 6) is -0.471. The van der Waals surface area contributed by atoms with E-state index in [0.717, 1.165) is 10.9 Å². The molecule has 22 heavy (non-hydrogen) atoms. The molecule has 0 fully saturated rings. The lowest BCUT2D eigenvalue weighted by atomic mass is 10.0. The third-order valence-electron chi connectivity index (χ3n) is 3.24. The Morgan fingerprint density at radius 2 is 1.82 bits per heavy atom. The molecule has 0 aliphatic rings. The first-order valence-electron chi connectivity index (χ1n) is 7.09. The van der Waals surface area contributed by atoms with Crippen molar-refractivity contribution in [2.24, 2.45) is 0 Å². The second-order valence-corrected chi connectivity index (χ2v) is 6.24. The van der Waals surface area contributed by atoms with Crippen molar-refractivity contribution < 1.29 is 14.6 Å². The molecule has 0 saturated carbocycles. The highest BCUT2D eigenvalue weighted by Gasteiger charge is 2.21. The molecule has 0 spiro atoms. The molecule has 112 valence electrons. The molecule has 1 heterocycles. The highest BCUT2D eigenvalue weighted by molar-refractivity contribution is 6.07. The van der Waals surface area contributed by atoms with Crippen molar-refractivity contribution in [2.45, 2.75) is 26.4 Å². The number of para-hydroxylation sites is 1. The number of nitrogens with zero attached hydrogens (tertiary/aromatic N) is 1. The number of phenols is 1. The minimum atomic E-state index is -0.598. The molecule has 1 aromatic heterocycles. The van der Waals surface area contributed by atoms with Crippen LogP contribution in [0.2, 0.25) is 0 Å². The Hall–Kier alpha value is -2.62. The molecule has 4 nitrogen and oxygen atoms in total. The van der Waals surface area contributed by atoms with Gasteiger partial charge in [0.05, 0.1) is 16.6 Å². The number of ether oxygens (including phenoxy) is 1. The van der Waals surface area contributed by atoms with Crippen LogP contribution in [0, 0.1) is 0 Å². The molecule has 0 atom stereocenters. The minimum Gasteiger partial charge on any atom is -0.508 e. The van der Waals surface area contributed by atoms with Crippen molar-refractivity contribution in [3.8, 4) is 5.75 Å². The fourth-order valence-corrected chi connectivity index (χ4v) is 2.37. The first-order valence-corrected chi connectivity index (χ1v) is 7.09. The summed E-state index contributed by atoms with van der Waals surface area (Å²) in [5.41, 5.74) is 1.11. The quantitative estimate of drug-likeness (QED) is 0.543. The van der Waals surface area contributed by atoms with Gasteiger partial charge in [0.1, 0.15) is 11.4 Å². The fourth-order valence-electron chi connectivity index (χ4n) is 2.37. The number of phenolic OH excluding ortho intramolecular Hbond substituents is 1. The molecule has 4 heteroatoms. The van der Waals surface area contributed by atoms with E-state index in [1.165, 1.54) is 6.07 Å². The van der Waals surface area contributed by atoms with Gasteiger partial charge in [0.15, 0.2) is 0 Å². The second-order valence-electron chi connectivity index (χ2n) is 6.24. The second kappa shape index (κ2) is 4.98. The van der Waals surface area contributed by atoms with Crippen LogP contribution in [0.4, 0.5) is 0 Å². The van der Waals surface area contributed by atoms with Crippen LogP contribution in [0.1, 0.15) is 31.1 Å². The number of benzene rings is 2. The third-order valence-corrected chi connectivity index (χ3v) is 3.24. The van der Waals surface area contributed by atoms with Crippen molar-refractivity contribution in [1.82, 2.24) is 4.98 Å². The SMILES string of the molecule is CC(C)(C)OC(=O)c1cc(O)cc2nc3ccccc3cc12. The van der Waals surface area contributed by atoms with Crippen molar-refractivity contribution in [3.05, 3.63) is 48.0 Å². The van der Waals surface area contributed by atoms with Crippen LogP contribution in [0.3, 0.4) is 0 Å². The van der Waals surface area contributed by atoms with E-state index in [4.69, 9.17) is 4.74 Å². The van der Waals surface area contributed by atoms with Gasteiger partial charge < -0.3 is 9.84 Å². The van der Waals surface area contributed by atoms with Crippen LogP contribution < -0.4 is 0 Å². The summed E-state index contributed by atoms with van der Waals surface area (Å²) in [6, 6.07) is 12.5. The smallest absolute Gasteiger partial charge is 0.339 e. The molecule has 0 aliphatic carbocycles. The number of fused-ring (bicyclic) bond motifs is 2. The maximum atomic E-state index is 12.4. The molecular formula is C18H17NO3. The van der Waals surface area contributed by atoms with E-state index in [9.17, 15) is 9.90 Å². The minimum absolute atomic E-state index is 0.00357. The third kappa shape index (κ3) is 2.72. The van der Waals surface area contributed by atoms with Gasteiger partial charge in [0, 0.05) is 16.8 Å². The van der Waals surface area contributed by atoms with E-state index in [1.807, 2.05) is 51.1 Å². The molecule has 2 aromatic carbocycles. The first-order chi connectivity index (χ1) is 10.3. The Morgan fingerprint density at radius 3 is 2.55 bits per heavy atom. The number of aromatic hydroxyl groups is 1. The van der Waals surface area contributed by atoms with Gasteiger partial charge in [-0.1, -0.05) is 18.2 Å². The highest BCUT2D eigenvalue weighted by Crippen LogP contribution is 2.28. The maximum Gasteiger partial charge on any atom is 0.339 e. The van der Waals surface area contributed by atoms with E-state index >= 15 is 0 Å². The number of aromatic nitrogens is 1. The van der Waals surface area contributed by atoms with Gasteiger partial charge in [-0.25, -0.2) is 9.78 Å². The Kier molecular flexibility index (Phi) is 3.24. The van der Waals surface area contributed by atoms with Crippen LogP contribution in [-0.2, 0) is 4.74 Å². The molecule has 1 N–H and O–H groups in total. The predicted octanol–water partition coefficient (Wildman–Crippen LogP) is 4.05. The van der Waals surface area contributed by atoms with E-state index in [2.05, 4.69) is 4.98 Å². The maximum absolute atomic E-state index is 12.4. The van der Waals surface area contributed by atoms with Gasteiger partial charge in [-0.05, 0) is 39.0 Å². The van der Waals surface area contributed by atoms with Crippen LogP contribution in [-0.4, -0.2) is 21.7 Å². The number of pyridine rings is 1. The lowest BCUT2D eigenvalue weighted by Crippen LogP contribution is -2.24. The summed E-state index contributed by atoms with van der Waals surface area (Å²) >= 11 is 0. The molecule has 0 saturated heterocycles. The molecule has 0 radical (unpaired) electrons. The molecule has 0 bridgehead atoms. The zero-order valence-corrected chi connectivity index (χ0v) is 12.8. The Morgan fingerprint density at radius 1 is 1.09 bits per heavy atom. The van der Waals surface area contributed by atoms with Crippen molar-refractivity contribution in [1.29, 1.82) is 0 Å². The van der Waals surface area contributed by atoms with E-state index < -0.39 is 11.6 Å². The summed E-state index contributed by atoms with van der Waals surface area (Å²) in [5, 5.41) is 11.5. The van der Waals surface area contributed by atoms with Crippen LogP contribution in [0.15, 0.2) is 42.5 Å². The summed E-state index contributed by atoms with van der Waals surface area (Å²) in [4.78, 5) is 16.9. The zero-order chi connectivity index (χ0) is 15.9. The Labute approximate surface area is 128 Å². The molecule has 0 amide bonds. The van der Waals surface area contributed by atoms with E-state index in [0.29, 0.717) is 16.5 Å². The summed E-state index contributed by atoms with van der Waals surface area (Å²) in [6.45, 7) is 5.43. The molecule has 0 aliphatic heterocycles. The van der Waals surface area contributed by atoms with Gasteiger partial charge in [-0.15, -0.1) is 0 Å². The van der Waals surface area contributed by atoms with Gasteiger partial charge in [-0.2, -0.15) is 0 Å². The number of rotatable bonds is 1. The van der Waals surface area contributed by atoms with Crippen molar-refractivity contribution in [3.63, 3.8) is 0 Å². The molecule has 0 unspecified atom stereocenters. The van der Waals surface area contributed by atoms with Gasteiger partial charge in [0.2, 0.25) is 0 Å². The van der Waals surface area contributed by atoms with Gasteiger partial charge in [0.25, 0.3) is 0 Å². The van der Waals surface area contributed by atoms with Crippen LogP contribution in [0.25, 0.3) is 21.8 Å². The summed E-state index contributed by atoms with van der Waals surface area (Å²) in [6.07, 6.45) is 0. The molecule has 3 aromatic rings. The average Bonchev–Trinajstić information content (AvgIpc) is 2.42. The number of carbonyl (C=O) groups is 1. The predicted molar refractivity (Wildman–Crippen MR) is 86.1 cm³/mol.